The van der Waals surface area contributed by atoms with Crippen molar-refractivity contribution >= 4 is 16.8 Å². The Balaban J connectivity index is 2.08. The highest BCUT2D eigenvalue weighted by molar-refractivity contribution is 6.06. The summed E-state index contributed by atoms with van der Waals surface area (Å²) in [6, 6.07) is 14.2. The number of rotatable bonds is 4. The van der Waals surface area contributed by atoms with Gasteiger partial charge in [0.05, 0.1) is 18.2 Å². The van der Waals surface area contributed by atoms with Crippen LogP contribution in [-0.4, -0.2) is 17.6 Å². The molecule has 2 aromatic carbocycles. The summed E-state index contributed by atoms with van der Waals surface area (Å²) < 4.78 is 7.39. The summed E-state index contributed by atoms with van der Waals surface area (Å²) in [4.78, 5) is 11.8. The van der Waals surface area contributed by atoms with Gasteiger partial charge in [-0.25, -0.2) is 0 Å². The molecule has 0 atom stereocenters. The van der Waals surface area contributed by atoms with Crippen LogP contribution in [0.15, 0.2) is 48.7 Å². The highest BCUT2D eigenvalue weighted by atomic mass is 16.5. The molecule has 1 amide bonds. The lowest BCUT2D eigenvalue weighted by atomic mass is 9.86. The minimum atomic E-state index is -0.419. The summed E-state index contributed by atoms with van der Waals surface area (Å²) >= 11 is 0. The van der Waals surface area contributed by atoms with Crippen LogP contribution < -0.4 is 10.5 Å². The van der Waals surface area contributed by atoms with Gasteiger partial charge in [-0.1, -0.05) is 45.0 Å². The molecule has 0 radical (unpaired) electrons. The molecule has 0 spiro atoms. The lowest BCUT2D eigenvalue weighted by Gasteiger charge is -2.20. The number of nitrogens with two attached hydrogens (primary N) is 1. The van der Waals surface area contributed by atoms with Crippen molar-refractivity contribution in [1.82, 2.24) is 4.57 Å². The van der Waals surface area contributed by atoms with Gasteiger partial charge in [0, 0.05) is 24.2 Å². The monoisotopic (exact) mass is 336 g/mol. The number of amides is 1. The number of primary amides is 1. The highest BCUT2D eigenvalue weighted by Crippen LogP contribution is 2.28. The minimum Gasteiger partial charge on any atom is -0.497 e. The van der Waals surface area contributed by atoms with Crippen molar-refractivity contribution in [1.29, 1.82) is 0 Å². The molecule has 0 bridgehead atoms. The van der Waals surface area contributed by atoms with Crippen molar-refractivity contribution in [2.75, 3.05) is 7.11 Å². The number of methoxy groups -OCH3 is 1. The Morgan fingerprint density at radius 2 is 1.92 bits per heavy atom. The molecule has 0 saturated carbocycles. The third-order valence-corrected chi connectivity index (χ3v) is 4.50. The van der Waals surface area contributed by atoms with Crippen LogP contribution in [0.3, 0.4) is 0 Å². The van der Waals surface area contributed by atoms with E-state index in [1.54, 1.807) is 7.11 Å². The maximum atomic E-state index is 11.8. The Bertz CT molecular complexity index is 933. The third kappa shape index (κ3) is 3.38. The first-order valence-corrected chi connectivity index (χ1v) is 8.35. The molecule has 0 saturated heterocycles. The average molecular weight is 336 g/mol. The second kappa shape index (κ2) is 6.28. The van der Waals surface area contributed by atoms with E-state index in [0.717, 1.165) is 16.7 Å². The highest BCUT2D eigenvalue weighted by Gasteiger charge is 2.16. The second-order valence-corrected chi connectivity index (χ2v) is 7.37. The van der Waals surface area contributed by atoms with Crippen LogP contribution in [0.25, 0.3) is 10.9 Å². The minimum absolute atomic E-state index is 0.0936. The van der Waals surface area contributed by atoms with Gasteiger partial charge in [-0.15, -0.1) is 0 Å². The van der Waals surface area contributed by atoms with Crippen LogP contribution in [-0.2, 0) is 12.0 Å². The second-order valence-electron chi connectivity index (χ2n) is 7.37. The number of hydrogen-bond acceptors (Lipinski definition) is 2. The zero-order valence-electron chi connectivity index (χ0n) is 15.2. The predicted octanol–water partition coefficient (Wildman–Crippen LogP) is 4.09. The summed E-state index contributed by atoms with van der Waals surface area (Å²) in [7, 11) is 1.64. The molecule has 3 rings (SSSR count). The van der Waals surface area contributed by atoms with E-state index in [2.05, 4.69) is 49.6 Å². The first-order chi connectivity index (χ1) is 11.8. The fourth-order valence-corrected chi connectivity index (χ4v) is 3.06. The van der Waals surface area contributed by atoms with E-state index < -0.39 is 5.91 Å². The van der Waals surface area contributed by atoms with Gasteiger partial charge in [0.1, 0.15) is 5.75 Å². The van der Waals surface area contributed by atoms with Crippen LogP contribution in [0.2, 0.25) is 0 Å². The molecule has 4 heteroatoms. The van der Waals surface area contributed by atoms with Gasteiger partial charge in [-0.05, 0) is 28.7 Å². The molecule has 0 fully saturated rings. The molecule has 25 heavy (non-hydrogen) atoms. The van der Waals surface area contributed by atoms with Crippen LogP contribution >= 0.6 is 0 Å². The van der Waals surface area contributed by atoms with E-state index in [1.807, 2.05) is 24.4 Å². The molecule has 2 N–H and O–H groups in total. The first kappa shape index (κ1) is 17.1. The number of ether oxygens (including phenoxy) is 1. The van der Waals surface area contributed by atoms with Gasteiger partial charge in [0.15, 0.2) is 0 Å². The Morgan fingerprint density at radius 3 is 2.56 bits per heavy atom. The van der Waals surface area contributed by atoms with Crippen LogP contribution in [0.5, 0.6) is 5.75 Å². The average Bonchev–Trinajstić information content (AvgIpc) is 2.92. The fourth-order valence-electron chi connectivity index (χ4n) is 3.06. The number of carbonyl (C=O) groups is 1. The van der Waals surface area contributed by atoms with Gasteiger partial charge in [0.2, 0.25) is 0 Å². The molecular formula is C21H24N2O2. The van der Waals surface area contributed by atoms with Gasteiger partial charge in [0.25, 0.3) is 5.91 Å². The number of nitrogens with zero attached hydrogens (tertiary/aromatic N) is 1. The van der Waals surface area contributed by atoms with Gasteiger partial charge in [-0.3, -0.25) is 4.79 Å². The number of fused-ring (bicyclic) bond motifs is 1. The summed E-state index contributed by atoms with van der Waals surface area (Å²) in [5, 5.41) is 0.847. The first-order valence-electron chi connectivity index (χ1n) is 8.35. The Labute approximate surface area is 148 Å². The fraction of sp³-hybridized carbons (Fsp3) is 0.286. The molecule has 0 aliphatic carbocycles. The summed E-state index contributed by atoms with van der Waals surface area (Å²) in [5.41, 5.74) is 9.59. The normalized spacial score (nSPS) is 11.7. The van der Waals surface area contributed by atoms with Crippen LogP contribution in [0.1, 0.15) is 42.3 Å². The molecule has 1 heterocycles. The number of carbonyl (C=O) groups excluding carboxylic acids is 1. The molecule has 0 aliphatic rings. The van der Waals surface area contributed by atoms with E-state index >= 15 is 0 Å². The molecule has 0 aliphatic heterocycles. The Morgan fingerprint density at radius 1 is 1.16 bits per heavy atom. The summed E-state index contributed by atoms with van der Waals surface area (Å²) in [5.74, 6) is 0.337. The maximum absolute atomic E-state index is 11.8. The van der Waals surface area contributed by atoms with E-state index in [1.165, 1.54) is 11.1 Å². The van der Waals surface area contributed by atoms with Crippen molar-refractivity contribution in [2.24, 2.45) is 5.73 Å². The van der Waals surface area contributed by atoms with Crippen molar-refractivity contribution < 1.29 is 9.53 Å². The molecule has 130 valence electrons. The Hall–Kier alpha value is -2.75. The number of aromatic nitrogens is 1. The van der Waals surface area contributed by atoms with Crippen LogP contribution in [0.4, 0.5) is 0 Å². The lowest BCUT2D eigenvalue weighted by Crippen LogP contribution is -2.12. The maximum Gasteiger partial charge on any atom is 0.250 e. The number of hydrogen-bond donors (Lipinski definition) is 1. The van der Waals surface area contributed by atoms with Crippen LogP contribution in [0, 0.1) is 0 Å². The third-order valence-electron chi connectivity index (χ3n) is 4.50. The molecule has 1 aromatic heterocycles. The van der Waals surface area contributed by atoms with Crippen molar-refractivity contribution in [2.45, 2.75) is 32.7 Å². The molecule has 0 unspecified atom stereocenters. The zero-order chi connectivity index (χ0) is 18.2. The molecule has 4 nitrogen and oxygen atoms in total. The van der Waals surface area contributed by atoms with E-state index in [-0.39, 0.29) is 5.41 Å². The SMILES string of the molecule is COc1ccc2c(C(N)=O)cn(Cc3cccc(C(C)(C)C)c3)c2c1. The molecule has 3 aromatic rings. The Kier molecular flexibility index (Phi) is 4.29. The van der Waals surface area contributed by atoms with Gasteiger partial charge in [-0.2, -0.15) is 0 Å². The predicted molar refractivity (Wildman–Crippen MR) is 101 cm³/mol. The van der Waals surface area contributed by atoms with Gasteiger partial charge < -0.3 is 15.0 Å². The van der Waals surface area contributed by atoms with Crippen molar-refractivity contribution in [3.63, 3.8) is 0 Å². The summed E-state index contributed by atoms with van der Waals surface area (Å²) in [6.45, 7) is 7.27. The lowest BCUT2D eigenvalue weighted by molar-refractivity contribution is 0.100. The largest absolute Gasteiger partial charge is 0.497 e. The van der Waals surface area contributed by atoms with E-state index in [4.69, 9.17) is 10.5 Å². The van der Waals surface area contributed by atoms with E-state index in [9.17, 15) is 4.79 Å². The van der Waals surface area contributed by atoms with E-state index in [0.29, 0.717) is 12.1 Å². The number of benzene rings is 2. The van der Waals surface area contributed by atoms with Crippen molar-refractivity contribution in [3.8, 4) is 5.75 Å². The van der Waals surface area contributed by atoms with Crippen molar-refractivity contribution in [3.05, 3.63) is 65.4 Å². The summed E-state index contributed by atoms with van der Waals surface area (Å²) in [6.07, 6.45) is 1.83. The smallest absolute Gasteiger partial charge is 0.250 e. The quantitative estimate of drug-likeness (QED) is 0.780. The topological polar surface area (TPSA) is 57.2 Å². The molecular weight excluding hydrogens is 312 g/mol. The zero-order valence-corrected chi connectivity index (χ0v) is 15.2. The standard InChI is InChI=1S/C21H24N2O2/c1-21(2,3)15-7-5-6-14(10-15)12-23-13-18(20(22)24)17-9-8-16(25-4)11-19(17)23/h5-11,13H,12H2,1-4H3,(H2,22,24). The van der Waals surface area contributed by atoms with Gasteiger partial charge >= 0.3 is 0 Å².